The van der Waals surface area contributed by atoms with Crippen LogP contribution >= 0.6 is 0 Å². The number of aromatic nitrogens is 4. The van der Waals surface area contributed by atoms with Gasteiger partial charge in [-0.15, -0.1) is 0 Å². The maximum absolute atomic E-state index is 12.7. The first kappa shape index (κ1) is 20.1. The largest absolute Gasteiger partial charge is 0.494 e. The van der Waals surface area contributed by atoms with Crippen molar-refractivity contribution in [1.82, 2.24) is 19.7 Å². The molecule has 3 heterocycles. The van der Waals surface area contributed by atoms with Crippen molar-refractivity contribution >= 4 is 11.7 Å². The third kappa shape index (κ3) is 4.72. The van der Waals surface area contributed by atoms with E-state index in [1.54, 1.807) is 25.1 Å². The van der Waals surface area contributed by atoms with Crippen LogP contribution in [-0.4, -0.2) is 32.3 Å². The Bertz CT molecular complexity index is 1240. The molecule has 0 aliphatic rings. The van der Waals surface area contributed by atoms with Crippen LogP contribution in [0.5, 0.6) is 5.75 Å². The van der Waals surface area contributed by atoms with Gasteiger partial charge in [-0.05, 0) is 43.7 Å². The molecule has 0 aliphatic heterocycles. The lowest BCUT2D eigenvalue weighted by atomic mass is 10.1. The van der Waals surface area contributed by atoms with Gasteiger partial charge in [-0.3, -0.25) is 14.6 Å². The van der Waals surface area contributed by atoms with Gasteiger partial charge in [-0.25, -0.2) is 4.98 Å². The fourth-order valence-corrected chi connectivity index (χ4v) is 3.08. The van der Waals surface area contributed by atoms with Gasteiger partial charge in [0.05, 0.1) is 19.3 Å². The zero-order chi connectivity index (χ0) is 21.8. The number of aromatic amines is 1. The highest BCUT2D eigenvalue weighted by atomic mass is 16.5. The lowest BCUT2D eigenvalue weighted by molar-refractivity contribution is -0.115. The van der Waals surface area contributed by atoms with Crippen LogP contribution in [0.4, 0.5) is 5.82 Å². The SMILES string of the molecule is CCOc1ccc(CC(=O)Nc2cc(-c3ccco3)nn2-c2nc(C)cc(=O)[nH]2)cc1. The topological polar surface area (TPSA) is 115 Å². The summed E-state index contributed by atoms with van der Waals surface area (Å²) in [4.78, 5) is 31.6. The number of benzene rings is 1. The summed E-state index contributed by atoms with van der Waals surface area (Å²) in [7, 11) is 0. The fraction of sp³-hybridized carbons (Fsp3) is 0.182. The van der Waals surface area contributed by atoms with Crippen molar-refractivity contribution in [2.75, 3.05) is 11.9 Å². The van der Waals surface area contributed by atoms with Crippen LogP contribution in [-0.2, 0) is 11.2 Å². The molecule has 1 amide bonds. The van der Waals surface area contributed by atoms with Crippen LogP contribution in [0.25, 0.3) is 17.4 Å². The first-order valence-corrected chi connectivity index (χ1v) is 9.75. The molecular formula is C22H21N5O4. The van der Waals surface area contributed by atoms with Crippen molar-refractivity contribution in [2.45, 2.75) is 20.3 Å². The second-order valence-corrected chi connectivity index (χ2v) is 6.82. The van der Waals surface area contributed by atoms with E-state index in [-0.39, 0.29) is 23.8 Å². The van der Waals surface area contributed by atoms with Crippen molar-refractivity contribution in [2.24, 2.45) is 0 Å². The number of nitrogens with one attached hydrogen (secondary N) is 2. The number of ether oxygens (including phenoxy) is 1. The Morgan fingerprint density at radius 3 is 2.71 bits per heavy atom. The summed E-state index contributed by atoms with van der Waals surface area (Å²) in [5.41, 5.74) is 1.54. The van der Waals surface area contributed by atoms with Crippen molar-refractivity contribution in [3.63, 3.8) is 0 Å². The van der Waals surface area contributed by atoms with Gasteiger partial charge in [-0.2, -0.15) is 9.78 Å². The molecule has 9 nitrogen and oxygen atoms in total. The Morgan fingerprint density at radius 2 is 2.03 bits per heavy atom. The van der Waals surface area contributed by atoms with Gasteiger partial charge < -0.3 is 14.5 Å². The number of H-pyrrole nitrogens is 1. The summed E-state index contributed by atoms with van der Waals surface area (Å²) in [6.07, 6.45) is 1.69. The number of nitrogens with zero attached hydrogens (tertiary/aromatic N) is 3. The Morgan fingerprint density at radius 1 is 1.23 bits per heavy atom. The van der Waals surface area contributed by atoms with Crippen LogP contribution in [0, 0.1) is 6.92 Å². The van der Waals surface area contributed by atoms with Crippen LogP contribution in [0.3, 0.4) is 0 Å². The second-order valence-electron chi connectivity index (χ2n) is 6.82. The molecule has 4 aromatic rings. The highest BCUT2D eigenvalue weighted by Crippen LogP contribution is 2.24. The number of carbonyl (C=O) groups excluding carboxylic acids is 1. The van der Waals surface area contributed by atoms with Gasteiger partial charge in [0.15, 0.2) is 5.76 Å². The second kappa shape index (κ2) is 8.70. The van der Waals surface area contributed by atoms with Gasteiger partial charge in [-0.1, -0.05) is 12.1 Å². The molecule has 1 aromatic carbocycles. The van der Waals surface area contributed by atoms with Crippen LogP contribution < -0.4 is 15.6 Å². The Labute approximate surface area is 177 Å². The number of rotatable bonds is 7. The van der Waals surface area contributed by atoms with Crippen molar-refractivity contribution in [3.8, 4) is 23.2 Å². The van der Waals surface area contributed by atoms with E-state index >= 15 is 0 Å². The quantitative estimate of drug-likeness (QED) is 0.476. The molecule has 0 saturated carbocycles. The van der Waals surface area contributed by atoms with E-state index in [2.05, 4.69) is 20.4 Å². The van der Waals surface area contributed by atoms with E-state index in [4.69, 9.17) is 9.15 Å². The maximum Gasteiger partial charge on any atom is 0.252 e. The molecule has 0 aliphatic carbocycles. The molecule has 4 rings (SSSR count). The molecule has 2 N–H and O–H groups in total. The average molecular weight is 419 g/mol. The summed E-state index contributed by atoms with van der Waals surface area (Å²) in [6.45, 7) is 4.20. The lowest BCUT2D eigenvalue weighted by Gasteiger charge is -2.09. The number of hydrogen-bond donors (Lipinski definition) is 2. The fourth-order valence-electron chi connectivity index (χ4n) is 3.08. The molecule has 0 fully saturated rings. The summed E-state index contributed by atoms with van der Waals surface area (Å²) >= 11 is 0. The predicted octanol–water partition coefficient (Wildman–Crippen LogP) is 3.10. The average Bonchev–Trinajstić information content (AvgIpc) is 3.39. The van der Waals surface area contributed by atoms with Crippen LogP contribution in [0.1, 0.15) is 18.2 Å². The number of anilines is 1. The van der Waals surface area contributed by atoms with Gasteiger partial charge in [0, 0.05) is 17.8 Å². The molecule has 0 saturated heterocycles. The smallest absolute Gasteiger partial charge is 0.252 e. The molecule has 0 spiro atoms. The van der Waals surface area contributed by atoms with Gasteiger partial charge in [0.1, 0.15) is 17.3 Å². The summed E-state index contributed by atoms with van der Waals surface area (Å²) in [5.74, 6) is 1.58. The lowest BCUT2D eigenvalue weighted by Crippen LogP contribution is -2.20. The summed E-state index contributed by atoms with van der Waals surface area (Å²) in [6, 6.07) is 13.9. The Balaban J connectivity index is 1.61. The number of hydrogen-bond acceptors (Lipinski definition) is 6. The molecular weight excluding hydrogens is 398 g/mol. The molecule has 0 unspecified atom stereocenters. The molecule has 158 valence electrons. The third-order valence-corrected chi connectivity index (χ3v) is 4.41. The standard InChI is InChI=1S/C22H21N5O4/c1-3-30-16-8-6-15(7-9-16)12-21(29)24-19-13-17(18-5-4-10-31-18)26-27(19)22-23-14(2)11-20(28)25-22/h4-11,13H,3,12H2,1-2H3,(H,24,29)(H,23,25,28). The van der Waals surface area contributed by atoms with Gasteiger partial charge >= 0.3 is 0 Å². The minimum atomic E-state index is -0.316. The summed E-state index contributed by atoms with van der Waals surface area (Å²) < 4.78 is 12.2. The Kier molecular flexibility index (Phi) is 5.65. The van der Waals surface area contributed by atoms with Gasteiger partial charge in [0.2, 0.25) is 11.9 Å². The highest BCUT2D eigenvalue weighted by Gasteiger charge is 2.17. The van der Waals surface area contributed by atoms with E-state index in [1.807, 2.05) is 31.2 Å². The molecule has 0 radical (unpaired) electrons. The minimum Gasteiger partial charge on any atom is -0.494 e. The molecule has 31 heavy (non-hydrogen) atoms. The van der Waals surface area contributed by atoms with E-state index < -0.39 is 0 Å². The summed E-state index contributed by atoms with van der Waals surface area (Å²) in [5, 5.41) is 7.30. The maximum atomic E-state index is 12.7. The van der Waals surface area contributed by atoms with Crippen LogP contribution in [0.15, 0.2) is 64.0 Å². The van der Waals surface area contributed by atoms with E-state index in [0.717, 1.165) is 11.3 Å². The minimum absolute atomic E-state index is 0.158. The monoisotopic (exact) mass is 419 g/mol. The van der Waals surface area contributed by atoms with Crippen molar-refractivity contribution in [1.29, 1.82) is 0 Å². The first-order valence-electron chi connectivity index (χ1n) is 9.75. The van der Waals surface area contributed by atoms with E-state index in [0.29, 0.717) is 29.6 Å². The molecule has 0 bridgehead atoms. The van der Waals surface area contributed by atoms with Gasteiger partial charge in [0.25, 0.3) is 5.56 Å². The van der Waals surface area contributed by atoms with Crippen molar-refractivity contribution in [3.05, 3.63) is 76.4 Å². The normalized spacial score (nSPS) is 10.8. The molecule has 3 aromatic heterocycles. The molecule has 0 atom stereocenters. The number of aryl methyl sites for hydroxylation is 1. The predicted molar refractivity (Wildman–Crippen MR) is 114 cm³/mol. The Hall–Kier alpha value is -4.14. The zero-order valence-corrected chi connectivity index (χ0v) is 17.1. The van der Waals surface area contributed by atoms with Crippen LogP contribution in [0.2, 0.25) is 0 Å². The highest BCUT2D eigenvalue weighted by molar-refractivity contribution is 5.92. The molecule has 9 heteroatoms. The first-order chi connectivity index (χ1) is 15.0. The number of furan rings is 1. The van der Waals surface area contributed by atoms with Crippen molar-refractivity contribution < 1.29 is 13.9 Å². The van der Waals surface area contributed by atoms with E-state index in [1.165, 1.54) is 17.0 Å². The van der Waals surface area contributed by atoms with E-state index in [9.17, 15) is 9.59 Å². The number of carbonyl (C=O) groups is 1. The third-order valence-electron chi connectivity index (χ3n) is 4.41. The number of amides is 1. The zero-order valence-electron chi connectivity index (χ0n) is 17.1.